The van der Waals surface area contributed by atoms with Crippen molar-refractivity contribution in [3.05, 3.63) is 58.6 Å². The van der Waals surface area contributed by atoms with Crippen molar-refractivity contribution in [3.8, 4) is 5.75 Å². The SMILES string of the molecule is C[C@H](NC(=O)c1ccc2c(c1)OCC(=O)N2)c1ccccc1Cl. The van der Waals surface area contributed by atoms with Gasteiger partial charge in [0.25, 0.3) is 11.8 Å². The van der Waals surface area contributed by atoms with Crippen molar-refractivity contribution in [2.75, 3.05) is 11.9 Å². The Kier molecular flexibility index (Phi) is 4.21. The summed E-state index contributed by atoms with van der Waals surface area (Å²) in [6.07, 6.45) is 0. The number of hydrogen-bond acceptors (Lipinski definition) is 3. The van der Waals surface area contributed by atoms with Crippen molar-refractivity contribution in [2.24, 2.45) is 0 Å². The average molecular weight is 331 g/mol. The second-order valence-corrected chi connectivity index (χ2v) is 5.67. The molecule has 0 saturated heterocycles. The Balaban J connectivity index is 1.76. The van der Waals surface area contributed by atoms with Crippen LogP contribution in [0.4, 0.5) is 5.69 Å². The molecule has 0 radical (unpaired) electrons. The molecule has 0 spiro atoms. The van der Waals surface area contributed by atoms with Crippen LogP contribution in [0.2, 0.25) is 5.02 Å². The summed E-state index contributed by atoms with van der Waals surface area (Å²) in [6, 6.07) is 12.1. The second-order valence-electron chi connectivity index (χ2n) is 5.26. The van der Waals surface area contributed by atoms with Crippen molar-refractivity contribution < 1.29 is 14.3 Å². The Morgan fingerprint density at radius 2 is 2.09 bits per heavy atom. The van der Waals surface area contributed by atoms with E-state index in [1.54, 1.807) is 24.3 Å². The molecule has 0 fully saturated rings. The van der Waals surface area contributed by atoms with Gasteiger partial charge in [-0.2, -0.15) is 0 Å². The van der Waals surface area contributed by atoms with Crippen LogP contribution in [0, 0.1) is 0 Å². The Labute approximate surface area is 138 Å². The third kappa shape index (κ3) is 3.29. The van der Waals surface area contributed by atoms with Gasteiger partial charge in [-0.25, -0.2) is 0 Å². The molecule has 0 bridgehead atoms. The van der Waals surface area contributed by atoms with Crippen LogP contribution in [0.1, 0.15) is 28.9 Å². The molecule has 23 heavy (non-hydrogen) atoms. The van der Waals surface area contributed by atoms with E-state index in [4.69, 9.17) is 16.3 Å². The van der Waals surface area contributed by atoms with E-state index < -0.39 is 0 Å². The highest BCUT2D eigenvalue weighted by Gasteiger charge is 2.19. The first-order valence-electron chi connectivity index (χ1n) is 7.16. The number of anilines is 1. The molecule has 0 unspecified atom stereocenters. The highest BCUT2D eigenvalue weighted by Crippen LogP contribution is 2.29. The minimum Gasteiger partial charge on any atom is -0.482 e. The van der Waals surface area contributed by atoms with E-state index in [1.165, 1.54) is 0 Å². The lowest BCUT2D eigenvalue weighted by molar-refractivity contribution is -0.118. The third-order valence-electron chi connectivity index (χ3n) is 3.60. The van der Waals surface area contributed by atoms with Crippen LogP contribution in [0.3, 0.4) is 0 Å². The number of carbonyl (C=O) groups is 2. The molecule has 1 aliphatic heterocycles. The van der Waals surface area contributed by atoms with Crippen LogP contribution in [-0.2, 0) is 4.79 Å². The minimum absolute atomic E-state index is 0.0475. The van der Waals surface area contributed by atoms with Gasteiger partial charge in [0.2, 0.25) is 0 Å². The highest BCUT2D eigenvalue weighted by molar-refractivity contribution is 6.31. The van der Waals surface area contributed by atoms with Crippen LogP contribution >= 0.6 is 11.6 Å². The zero-order valence-electron chi connectivity index (χ0n) is 12.4. The predicted octanol–water partition coefficient (Wildman–Crippen LogP) is 3.16. The van der Waals surface area contributed by atoms with Crippen LogP contribution in [0.15, 0.2) is 42.5 Å². The molecule has 2 N–H and O–H groups in total. The summed E-state index contributed by atoms with van der Waals surface area (Å²) in [6.45, 7) is 1.82. The van der Waals surface area contributed by atoms with E-state index in [9.17, 15) is 9.59 Å². The predicted molar refractivity (Wildman–Crippen MR) is 87.9 cm³/mol. The molecule has 1 atom stereocenters. The van der Waals surface area contributed by atoms with E-state index in [0.29, 0.717) is 22.0 Å². The summed E-state index contributed by atoms with van der Waals surface area (Å²) in [5.74, 6) is 0.0467. The molecule has 1 aliphatic rings. The fourth-order valence-electron chi connectivity index (χ4n) is 2.40. The number of halogens is 1. The van der Waals surface area contributed by atoms with Crippen LogP contribution < -0.4 is 15.4 Å². The van der Waals surface area contributed by atoms with Gasteiger partial charge in [0.1, 0.15) is 5.75 Å². The maximum atomic E-state index is 12.4. The summed E-state index contributed by atoms with van der Waals surface area (Å²) < 4.78 is 5.32. The van der Waals surface area contributed by atoms with Gasteiger partial charge in [-0.1, -0.05) is 29.8 Å². The highest BCUT2D eigenvalue weighted by atomic mass is 35.5. The Bertz CT molecular complexity index is 776. The number of amides is 2. The summed E-state index contributed by atoms with van der Waals surface area (Å²) in [7, 11) is 0. The minimum atomic E-state index is -0.235. The molecule has 0 saturated carbocycles. The van der Waals surface area contributed by atoms with E-state index in [-0.39, 0.29) is 24.5 Å². The van der Waals surface area contributed by atoms with E-state index in [1.807, 2.05) is 25.1 Å². The van der Waals surface area contributed by atoms with Gasteiger partial charge in [-0.05, 0) is 36.8 Å². The smallest absolute Gasteiger partial charge is 0.262 e. The molecular weight excluding hydrogens is 316 g/mol. The molecule has 5 nitrogen and oxygen atoms in total. The fourth-order valence-corrected chi connectivity index (χ4v) is 2.70. The number of rotatable bonds is 3. The van der Waals surface area contributed by atoms with Crippen LogP contribution in [-0.4, -0.2) is 18.4 Å². The molecule has 2 amide bonds. The lowest BCUT2D eigenvalue weighted by atomic mass is 10.1. The summed E-state index contributed by atoms with van der Waals surface area (Å²) in [5.41, 5.74) is 1.87. The topological polar surface area (TPSA) is 67.4 Å². The molecule has 2 aromatic rings. The van der Waals surface area contributed by atoms with Gasteiger partial charge >= 0.3 is 0 Å². The number of fused-ring (bicyclic) bond motifs is 1. The van der Waals surface area contributed by atoms with Crippen molar-refractivity contribution >= 4 is 29.1 Å². The van der Waals surface area contributed by atoms with Gasteiger partial charge in [-0.3, -0.25) is 9.59 Å². The average Bonchev–Trinajstić information content (AvgIpc) is 2.54. The summed E-state index contributed by atoms with van der Waals surface area (Å²) in [4.78, 5) is 23.6. The van der Waals surface area contributed by atoms with E-state index >= 15 is 0 Å². The zero-order chi connectivity index (χ0) is 16.4. The lowest BCUT2D eigenvalue weighted by Crippen LogP contribution is -2.28. The van der Waals surface area contributed by atoms with Crippen molar-refractivity contribution in [3.63, 3.8) is 0 Å². The molecule has 1 heterocycles. The molecule has 118 valence electrons. The van der Waals surface area contributed by atoms with Gasteiger partial charge < -0.3 is 15.4 Å². The van der Waals surface area contributed by atoms with E-state index in [0.717, 1.165) is 5.56 Å². The fraction of sp³-hybridized carbons (Fsp3) is 0.176. The monoisotopic (exact) mass is 330 g/mol. The van der Waals surface area contributed by atoms with Crippen LogP contribution in [0.25, 0.3) is 0 Å². The number of ether oxygens (including phenoxy) is 1. The molecule has 6 heteroatoms. The molecule has 0 aliphatic carbocycles. The number of hydrogen-bond donors (Lipinski definition) is 2. The number of nitrogens with one attached hydrogen (secondary N) is 2. The van der Waals surface area contributed by atoms with Crippen molar-refractivity contribution in [1.29, 1.82) is 0 Å². The number of carbonyl (C=O) groups excluding carboxylic acids is 2. The van der Waals surface area contributed by atoms with Crippen molar-refractivity contribution in [1.82, 2.24) is 5.32 Å². The van der Waals surface area contributed by atoms with Crippen molar-refractivity contribution in [2.45, 2.75) is 13.0 Å². The van der Waals surface area contributed by atoms with Gasteiger partial charge in [0, 0.05) is 10.6 Å². The normalized spacial score (nSPS) is 14.3. The molecule has 2 aromatic carbocycles. The maximum absolute atomic E-state index is 12.4. The maximum Gasteiger partial charge on any atom is 0.262 e. The van der Waals surface area contributed by atoms with E-state index in [2.05, 4.69) is 10.6 Å². The molecular formula is C17H15ClN2O3. The Morgan fingerprint density at radius 1 is 1.30 bits per heavy atom. The van der Waals surface area contributed by atoms with Crippen LogP contribution in [0.5, 0.6) is 5.75 Å². The van der Waals surface area contributed by atoms with Gasteiger partial charge in [0.05, 0.1) is 11.7 Å². The quantitative estimate of drug-likeness (QED) is 0.908. The first-order chi connectivity index (χ1) is 11.0. The van der Waals surface area contributed by atoms with Gasteiger partial charge in [0.15, 0.2) is 6.61 Å². The first-order valence-corrected chi connectivity index (χ1v) is 7.54. The largest absolute Gasteiger partial charge is 0.482 e. The lowest BCUT2D eigenvalue weighted by Gasteiger charge is -2.19. The summed E-state index contributed by atoms with van der Waals surface area (Å²) in [5, 5.41) is 6.20. The number of benzene rings is 2. The Hall–Kier alpha value is -2.53. The molecule has 3 rings (SSSR count). The zero-order valence-corrected chi connectivity index (χ0v) is 13.2. The standard InChI is InChI=1S/C17H15ClN2O3/c1-10(12-4-2-3-5-13(12)18)19-17(22)11-6-7-14-15(8-11)23-9-16(21)20-14/h2-8,10H,9H2,1H3,(H,19,22)(H,20,21)/t10-/m0/s1. The first kappa shape index (κ1) is 15.4. The molecule has 0 aromatic heterocycles. The van der Waals surface area contributed by atoms with Gasteiger partial charge in [-0.15, -0.1) is 0 Å². The second kappa shape index (κ2) is 6.30. The summed E-state index contributed by atoms with van der Waals surface area (Å²) >= 11 is 6.15. The Morgan fingerprint density at radius 3 is 2.87 bits per heavy atom. The third-order valence-corrected chi connectivity index (χ3v) is 3.94.